The van der Waals surface area contributed by atoms with Crippen LogP contribution in [0.25, 0.3) is 0 Å². The first-order valence-electron chi connectivity index (χ1n) is 7.58. The van der Waals surface area contributed by atoms with E-state index < -0.39 is 0 Å². The molecule has 1 heterocycles. The molecule has 0 aliphatic heterocycles. The van der Waals surface area contributed by atoms with E-state index in [4.69, 9.17) is 0 Å². The third-order valence-corrected chi connectivity index (χ3v) is 4.64. The first-order valence-corrected chi connectivity index (χ1v) is 8.40. The third-order valence-electron chi connectivity index (χ3n) is 3.56. The van der Waals surface area contributed by atoms with Gasteiger partial charge in [0.15, 0.2) is 0 Å². The molecule has 0 radical (unpaired) electrons. The number of unbranched alkanes of at least 4 members (excludes halogenated alkanes) is 1. The second-order valence-electron chi connectivity index (χ2n) is 5.58. The maximum Gasteiger partial charge on any atom is 0.310 e. The summed E-state index contributed by atoms with van der Waals surface area (Å²) in [5.74, 6) is -0.175. The molecule has 0 saturated carbocycles. The average Bonchev–Trinajstić information content (AvgIpc) is 2.89. The molecule has 0 aromatic carbocycles. The topological polar surface area (TPSA) is 41.6 Å². The number of carbonyl (C=O) groups excluding carboxylic acids is 1. The van der Waals surface area contributed by atoms with Gasteiger partial charge in [0, 0.05) is 22.3 Å². The van der Waals surface area contributed by atoms with Crippen LogP contribution in [0.2, 0.25) is 0 Å². The Morgan fingerprint density at radius 2 is 2.05 bits per heavy atom. The number of hydrogen-bond acceptors (Lipinski definition) is 5. The van der Waals surface area contributed by atoms with Gasteiger partial charge in [0.1, 0.15) is 0 Å². The molecule has 21 heavy (non-hydrogen) atoms. The summed E-state index contributed by atoms with van der Waals surface area (Å²) in [4.78, 5) is 15.9. The Morgan fingerprint density at radius 1 is 1.33 bits per heavy atom. The fourth-order valence-electron chi connectivity index (χ4n) is 1.91. The molecule has 0 atom stereocenters. The largest absolute Gasteiger partial charge is 0.469 e. The van der Waals surface area contributed by atoms with Crippen molar-refractivity contribution in [1.29, 1.82) is 0 Å². The monoisotopic (exact) mass is 312 g/mol. The van der Waals surface area contributed by atoms with Crippen LogP contribution in [0.4, 0.5) is 0 Å². The number of esters is 1. The predicted octanol–water partition coefficient (Wildman–Crippen LogP) is 2.67. The minimum Gasteiger partial charge on any atom is -0.469 e. The predicted molar refractivity (Wildman–Crippen MR) is 88.7 cm³/mol. The molecule has 0 bridgehead atoms. The Balaban J connectivity index is 2.12. The Labute approximate surface area is 132 Å². The van der Waals surface area contributed by atoms with Gasteiger partial charge in [0.25, 0.3) is 0 Å². The van der Waals surface area contributed by atoms with Crippen molar-refractivity contribution in [1.82, 2.24) is 10.2 Å². The fraction of sp³-hybridized carbons (Fsp3) is 0.688. The van der Waals surface area contributed by atoms with Gasteiger partial charge in [0.2, 0.25) is 0 Å². The van der Waals surface area contributed by atoms with Gasteiger partial charge in [-0.1, -0.05) is 0 Å². The molecular weight excluding hydrogens is 284 g/mol. The highest BCUT2D eigenvalue weighted by Gasteiger charge is 2.06. The highest BCUT2D eigenvalue weighted by atomic mass is 32.1. The van der Waals surface area contributed by atoms with Crippen molar-refractivity contribution in [2.45, 2.75) is 45.7 Å². The van der Waals surface area contributed by atoms with Crippen molar-refractivity contribution in [2.75, 3.05) is 27.2 Å². The minimum absolute atomic E-state index is 0.175. The van der Waals surface area contributed by atoms with Gasteiger partial charge >= 0.3 is 5.97 Å². The summed E-state index contributed by atoms with van der Waals surface area (Å²) in [7, 11) is 3.60. The second-order valence-corrected chi connectivity index (χ2v) is 6.83. The van der Waals surface area contributed by atoms with Crippen LogP contribution in [0.3, 0.4) is 0 Å². The van der Waals surface area contributed by atoms with Crippen molar-refractivity contribution < 1.29 is 9.53 Å². The van der Waals surface area contributed by atoms with Crippen molar-refractivity contribution in [3.8, 4) is 0 Å². The van der Waals surface area contributed by atoms with Gasteiger partial charge in [0.05, 0.1) is 13.5 Å². The summed E-state index contributed by atoms with van der Waals surface area (Å²) < 4.78 is 4.67. The molecule has 4 nitrogen and oxygen atoms in total. The molecule has 1 rings (SSSR count). The zero-order chi connectivity index (χ0) is 15.7. The molecule has 1 aromatic heterocycles. The van der Waals surface area contributed by atoms with E-state index >= 15 is 0 Å². The number of carbonyl (C=O) groups is 1. The van der Waals surface area contributed by atoms with E-state index in [1.807, 2.05) is 6.07 Å². The van der Waals surface area contributed by atoms with Crippen LogP contribution in [-0.4, -0.2) is 44.2 Å². The zero-order valence-corrected chi connectivity index (χ0v) is 14.5. The van der Waals surface area contributed by atoms with E-state index in [2.05, 4.69) is 41.9 Å². The quantitative estimate of drug-likeness (QED) is 0.533. The molecular formula is C16H28N2O2S. The number of methoxy groups -OCH3 is 1. The van der Waals surface area contributed by atoms with Gasteiger partial charge in [-0.15, -0.1) is 11.3 Å². The standard InChI is InChI=1S/C16H28N2O2S/c1-13(2)18(3)10-6-5-9-17-12-15-8-7-14(21-15)11-16(19)20-4/h7-8,13,17H,5-6,9-12H2,1-4H3. The zero-order valence-electron chi connectivity index (χ0n) is 13.6. The van der Waals surface area contributed by atoms with E-state index in [-0.39, 0.29) is 5.97 Å². The first kappa shape index (κ1) is 18.1. The maximum absolute atomic E-state index is 11.2. The normalized spacial score (nSPS) is 11.3. The van der Waals surface area contributed by atoms with Gasteiger partial charge in [-0.25, -0.2) is 0 Å². The number of hydrogen-bond donors (Lipinski definition) is 1. The molecule has 0 amide bonds. The van der Waals surface area contributed by atoms with E-state index in [1.54, 1.807) is 11.3 Å². The summed E-state index contributed by atoms with van der Waals surface area (Å²) >= 11 is 1.68. The van der Waals surface area contributed by atoms with Gasteiger partial charge in [-0.05, 0) is 59.0 Å². The second kappa shape index (κ2) is 9.92. The number of rotatable bonds is 10. The van der Waals surface area contributed by atoms with Crippen LogP contribution < -0.4 is 5.32 Å². The average molecular weight is 312 g/mol. The maximum atomic E-state index is 11.2. The van der Waals surface area contributed by atoms with Crippen LogP contribution in [-0.2, 0) is 22.5 Å². The summed E-state index contributed by atoms with van der Waals surface area (Å²) in [6.45, 7) is 7.52. The lowest BCUT2D eigenvalue weighted by Crippen LogP contribution is -2.27. The molecule has 1 aromatic rings. The lowest BCUT2D eigenvalue weighted by molar-refractivity contribution is -0.139. The molecule has 0 fully saturated rings. The summed E-state index contributed by atoms with van der Waals surface area (Å²) in [6.07, 6.45) is 2.79. The van der Waals surface area contributed by atoms with Crippen molar-refractivity contribution >= 4 is 17.3 Å². The van der Waals surface area contributed by atoms with E-state index in [0.717, 1.165) is 24.5 Å². The van der Waals surface area contributed by atoms with Gasteiger partial charge < -0.3 is 15.0 Å². The SMILES string of the molecule is COC(=O)Cc1ccc(CNCCCCN(C)C(C)C)s1. The van der Waals surface area contributed by atoms with Crippen LogP contribution >= 0.6 is 11.3 Å². The van der Waals surface area contributed by atoms with E-state index in [0.29, 0.717) is 12.5 Å². The van der Waals surface area contributed by atoms with Crippen molar-refractivity contribution in [2.24, 2.45) is 0 Å². The molecule has 0 spiro atoms. The smallest absolute Gasteiger partial charge is 0.310 e. The lowest BCUT2D eigenvalue weighted by atomic mass is 10.2. The van der Waals surface area contributed by atoms with Crippen LogP contribution in [0.15, 0.2) is 12.1 Å². The summed E-state index contributed by atoms with van der Waals surface area (Å²) in [5, 5.41) is 3.46. The molecule has 0 aliphatic rings. The van der Waals surface area contributed by atoms with Crippen molar-refractivity contribution in [3.63, 3.8) is 0 Å². The third kappa shape index (κ3) is 7.60. The Morgan fingerprint density at radius 3 is 2.71 bits per heavy atom. The number of ether oxygens (including phenoxy) is 1. The molecule has 0 saturated heterocycles. The minimum atomic E-state index is -0.175. The lowest BCUT2D eigenvalue weighted by Gasteiger charge is -2.20. The molecule has 0 unspecified atom stereocenters. The Hall–Kier alpha value is -0.910. The number of nitrogens with one attached hydrogen (secondary N) is 1. The summed E-state index contributed by atoms with van der Waals surface area (Å²) in [6, 6.07) is 4.72. The van der Waals surface area contributed by atoms with Gasteiger partial charge in [-0.2, -0.15) is 0 Å². The Kier molecular flexibility index (Phi) is 8.57. The van der Waals surface area contributed by atoms with E-state index in [1.165, 1.54) is 24.8 Å². The van der Waals surface area contributed by atoms with Gasteiger partial charge in [-0.3, -0.25) is 4.79 Å². The highest BCUT2D eigenvalue weighted by Crippen LogP contribution is 2.17. The highest BCUT2D eigenvalue weighted by molar-refractivity contribution is 7.12. The Bertz CT molecular complexity index is 418. The molecule has 120 valence electrons. The van der Waals surface area contributed by atoms with E-state index in [9.17, 15) is 4.79 Å². The van der Waals surface area contributed by atoms with Crippen LogP contribution in [0.1, 0.15) is 36.4 Å². The number of thiophene rings is 1. The first-order chi connectivity index (χ1) is 10.0. The molecule has 0 aliphatic carbocycles. The van der Waals surface area contributed by atoms with Crippen LogP contribution in [0, 0.1) is 0 Å². The summed E-state index contributed by atoms with van der Waals surface area (Å²) in [5.41, 5.74) is 0. The molecule has 5 heteroatoms. The van der Waals surface area contributed by atoms with Crippen LogP contribution in [0.5, 0.6) is 0 Å². The number of nitrogens with zero attached hydrogens (tertiary/aromatic N) is 1. The fourth-order valence-corrected chi connectivity index (χ4v) is 2.88. The molecule has 1 N–H and O–H groups in total. The van der Waals surface area contributed by atoms with Crippen molar-refractivity contribution in [3.05, 3.63) is 21.9 Å².